The van der Waals surface area contributed by atoms with Gasteiger partial charge in [-0.2, -0.15) is 0 Å². The molecule has 0 spiro atoms. The minimum absolute atomic E-state index is 0.229. The Morgan fingerprint density at radius 2 is 2.00 bits per heavy atom. The van der Waals surface area contributed by atoms with Crippen LogP contribution in [0.25, 0.3) is 0 Å². The Labute approximate surface area is 125 Å². The van der Waals surface area contributed by atoms with Gasteiger partial charge < -0.3 is 4.84 Å². The van der Waals surface area contributed by atoms with Crippen LogP contribution in [0.3, 0.4) is 0 Å². The van der Waals surface area contributed by atoms with Gasteiger partial charge in [-0.1, -0.05) is 30.0 Å². The summed E-state index contributed by atoms with van der Waals surface area (Å²) in [4.78, 5) is 32.9. The topological polar surface area (TPSA) is 64.1 Å². The Kier molecular flexibility index (Phi) is 3.88. The van der Waals surface area contributed by atoms with E-state index in [0.29, 0.717) is 17.2 Å². The lowest BCUT2D eigenvalue weighted by molar-refractivity contribution is 0.0885. The molecule has 1 aliphatic rings. The molecule has 2 aromatic rings. The number of nitrogens with one attached hydrogen (secondary N) is 1. The summed E-state index contributed by atoms with van der Waals surface area (Å²) in [5, 5.41) is 0.597. The zero-order valence-corrected chi connectivity index (χ0v) is 12.5. The number of H-pyrrole nitrogens is 1. The lowest BCUT2D eigenvalue weighted by Crippen LogP contribution is -2.37. The van der Waals surface area contributed by atoms with Crippen LogP contribution in [-0.4, -0.2) is 16.3 Å². The quantitative estimate of drug-likeness (QED) is 0.858. The van der Waals surface area contributed by atoms with Gasteiger partial charge in [0.25, 0.3) is 5.56 Å². The molecular formula is C15H16N2O3S. The first-order valence-corrected chi connectivity index (χ1v) is 7.77. The molecule has 1 aliphatic carbocycles. The Morgan fingerprint density at radius 1 is 1.29 bits per heavy atom. The Hall–Kier alpha value is -1.95. The second-order valence-corrected chi connectivity index (χ2v) is 5.94. The summed E-state index contributed by atoms with van der Waals surface area (Å²) in [7, 11) is 0. The summed E-state index contributed by atoms with van der Waals surface area (Å²) in [6.45, 7) is 2.17. The van der Waals surface area contributed by atoms with E-state index in [1.165, 1.54) is 16.5 Å². The molecule has 1 aromatic carbocycles. The Morgan fingerprint density at radius 3 is 2.62 bits per heavy atom. The fourth-order valence-electron chi connectivity index (χ4n) is 2.19. The summed E-state index contributed by atoms with van der Waals surface area (Å²) in [5.41, 5.74) is -0.154. The van der Waals surface area contributed by atoms with Crippen molar-refractivity contribution in [1.82, 2.24) is 9.71 Å². The maximum absolute atomic E-state index is 12.2. The van der Waals surface area contributed by atoms with Crippen LogP contribution in [0, 0.1) is 0 Å². The van der Waals surface area contributed by atoms with Crippen LogP contribution in [0.4, 0.5) is 0 Å². The summed E-state index contributed by atoms with van der Waals surface area (Å²) >= 11 is 1.40. The highest BCUT2D eigenvalue weighted by molar-refractivity contribution is 7.99. The number of aromatic nitrogens is 2. The summed E-state index contributed by atoms with van der Waals surface area (Å²) in [6.07, 6.45) is 1.96. The SMILES string of the molecule is CCOn1c(Sc2ccccc2)c(C2CC2)c(=O)[nH]c1=O. The minimum atomic E-state index is -0.523. The molecule has 1 saturated carbocycles. The molecule has 1 aromatic heterocycles. The van der Waals surface area contributed by atoms with Crippen molar-refractivity contribution in [3.8, 4) is 0 Å². The van der Waals surface area contributed by atoms with Gasteiger partial charge in [0, 0.05) is 4.90 Å². The molecule has 3 rings (SSSR count). The molecule has 6 heteroatoms. The molecule has 21 heavy (non-hydrogen) atoms. The summed E-state index contributed by atoms with van der Waals surface area (Å²) < 4.78 is 1.21. The van der Waals surface area contributed by atoms with Gasteiger partial charge in [0.15, 0.2) is 0 Å². The van der Waals surface area contributed by atoms with Crippen molar-refractivity contribution in [2.45, 2.75) is 35.6 Å². The fraction of sp³-hybridized carbons (Fsp3) is 0.333. The third kappa shape index (κ3) is 2.90. The van der Waals surface area contributed by atoms with Crippen LogP contribution in [0.5, 0.6) is 0 Å². The first-order chi connectivity index (χ1) is 10.2. The molecule has 1 N–H and O–H groups in total. The number of hydrogen-bond acceptors (Lipinski definition) is 4. The van der Waals surface area contributed by atoms with Crippen molar-refractivity contribution in [3.05, 3.63) is 56.7 Å². The molecule has 0 amide bonds. The van der Waals surface area contributed by atoms with Gasteiger partial charge in [-0.25, -0.2) is 4.79 Å². The van der Waals surface area contributed by atoms with Crippen LogP contribution in [0.15, 0.2) is 49.8 Å². The third-order valence-corrected chi connectivity index (χ3v) is 4.35. The molecule has 0 atom stereocenters. The highest BCUT2D eigenvalue weighted by Gasteiger charge is 2.32. The first-order valence-electron chi connectivity index (χ1n) is 6.96. The van der Waals surface area contributed by atoms with Gasteiger partial charge >= 0.3 is 5.69 Å². The Bertz CT molecular complexity index is 748. The highest BCUT2D eigenvalue weighted by atomic mass is 32.2. The molecule has 5 nitrogen and oxygen atoms in total. The summed E-state index contributed by atoms with van der Waals surface area (Å²) in [5.74, 6) is 0.229. The molecule has 0 radical (unpaired) electrons. The Balaban J connectivity index is 2.14. The molecule has 0 bridgehead atoms. The van der Waals surface area contributed by atoms with Crippen molar-refractivity contribution in [1.29, 1.82) is 0 Å². The van der Waals surface area contributed by atoms with Crippen molar-refractivity contribution in [2.24, 2.45) is 0 Å². The number of benzene rings is 1. The van der Waals surface area contributed by atoms with E-state index in [0.717, 1.165) is 17.7 Å². The molecule has 110 valence electrons. The van der Waals surface area contributed by atoms with Crippen molar-refractivity contribution < 1.29 is 4.84 Å². The number of hydrogen-bond donors (Lipinski definition) is 1. The summed E-state index contributed by atoms with van der Waals surface area (Å²) in [6, 6.07) is 9.68. The van der Waals surface area contributed by atoms with E-state index >= 15 is 0 Å². The van der Waals surface area contributed by atoms with Crippen molar-refractivity contribution in [3.63, 3.8) is 0 Å². The first kappa shape index (κ1) is 14.0. The average Bonchev–Trinajstić information content (AvgIpc) is 3.29. The average molecular weight is 304 g/mol. The number of rotatable bonds is 5. The van der Waals surface area contributed by atoms with Gasteiger partial charge in [-0.05, 0) is 37.8 Å². The largest absolute Gasteiger partial charge is 0.409 e. The second-order valence-electron chi connectivity index (χ2n) is 4.88. The molecule has 0 unspecified atom stereocenters. The lowest BCUT2D eigenvalue weighted by atomic mass is 10.2. The second kappa shape index (κ2) is 5.81. The van der Waals surface area contributed by atoms with Gasteiger partial charge in [0.1, 0.15) is 11.6 Å². The van der Waals surface area contributed by atoms with Crippen LogP contribution in [0.2, 0.25) is 0 Å². The molecule has 1 fully saturated rings. The van der Waals surface area contributed by atoms with E-state index in [1.54, 1.807) is 0 Å². The van der Waals surface area contributed by atoms with Crippen LogP contribution in [-0.2, 0) is 0 Å². The zero-order valence-electron chi connectivity index (χ0n) is 11.7. The lowest BCUT2D eigenvalue weighted by Gasteiger charge is -2.14. The standard InChI is InChI=1S/C15H16N2O3S/c1-2-20-17-14(21-11-6-4-3-5-7-11)12(10-8-9-10)13(18)16-15(17)19/h3-7,10H,2,8-9H2,1H3,(H,16,18,19). The van der Waals surface area contributed by atoms with Gasteiger partial charge in [0.05, 0.1) is 5.56 Å². The van der Waals surface area contributed by atoms with Crippen LogP contribution in [0.1, 0.15) is 31.2 Å². The van der Waals surface area contributed by atoms with E-state index in [-0.39, 0.29) is 11.5 Å². The smallest absolute Gasteiger partial charge is 0.362 e. The maximum Gasteiger partial charge on any atom is 0.362 e. The van der Waals surface area contributed by atoms with Crippen molar-refractivity contribution >= 4 is 11.8 Å². The van der Waals surface area contributed by atoms with E-state index in [9.17, 15) is 9.59 Å². The normalized spacial score (nSPS) is 14.1. The van der Waals surface area contributed by atoms with E-state index < -0.39 is 5.69 Å². The molecule has 1 heterocycles. The molecule has 0 aliphatic heterocycles. The number of aromatic amines is 1. The van der Waals surface area contributed by atoms with Gasteiger partial charge in [-0.3, -0.25) is 9.78 Å². The highest BCUT2D eigenvalue weighted by Crippen LogP contribution is 2.43. The zero-order chi connectivity index (χ0) is 14.8. The van der Waals surface area contributed by atoms with Gasteiger partial charge in [0.2, 0.25) is 0 Å². The molecular weight excluding hydrogens is 288 g/mol. The predicted octanol–water partition coefficient (Wildman–Crippen LogP) is 2.01. The van der Waals surface area contributed by atoms with E-state index in [4.69, 9.17) is 4.84 Å². The fourth-order valence-corrected chi connectivity index (χ4v) is 3.29. The van der Waals surface area contributed by atoms with Gasteiger partial charge in [-0.15, -0.1) is 4.73 Å². The van der Waals surface area contributed by atoms with E-state index in [2.05, 4.69) is 4.98 Å². The monoisotopic (exact) mass is 304 g/mol. The number of nitrogens with zero attached hydrogens (tertiary/aromatic N) is 1. The third-order valence-electron chi connectivity index (χ3n) is 3.27. The van der Waals surface area contributed by atoms with Crippen molar-refractivity contribution in [2.75, 3.05) is 6.61 Å². The van der Waals surface area contributed by atoms with Crippen LogP contribution >= 0.6 is 11.8 Å². The predicted molar refractivity (Wildman–Crippen MR) is 81.0 cm³/mol. The molecule has 0 saturated heterocycles. The van der Waals surface area contributed by atoms with E-state index in [1.807, 2.05) is 37.3 Å². The van der Waals surface area contributed by atoms with Crippen LogP contribution < -0.4 is 16.1 Å². The minimum Gasteiger partial charge on any atom is -0.409 e. The maximum atomic E-state index is 12.2.